The summed E-state index contributed by atoms with van der Waals surface area (Å²) >= 11 is 0. The zero-order valence-electron chi connectivity index (χ0n) is 26.8. The van der Waals surface area contributed by atoms with E-state index in [0.717, 1.165) is 38.8 Å². The number of fused-ring (bicyclic) bond motifs is 5. The Kier molecular flexibility index (Phi) is 7.19. The lowest BCUT2D eigenvalue weighted by Crippen LogP contribution is -2.59. The first-order valence-electron chi connectivity index (χ1n) is 16.5. The minimum absolute atomic E-state index is 0.000199. The van der Waals surface area contributed by atoms with Gasteiger partial charge < -0.3 is 34.2 Å². The number of carbonyl (C=O) groups excluding carboxylic acids is 1. The van der Waals surface area contributed by atoms with Gasteiger partial charge in [-0.2, -0.15) is 9.97 Å². The number of phenolic OH excluding ortho intramolecular Hbond substituents is 1. The van der Waals surface area contributed by atoms with Crippen molar-refractivity contribution < 1.29 is 33.6 Å². The van der Waals surface area contributed by atoms with Crippen LogP contribution in [0.5, 0.6) is 23.4 Å². The number of hydrogen-bond acceptors (Lipinski definition) is 10. The van der Waals surface area contributed by atoms with E-state index in [0.29, 0.717) is 54.0 Å². The molecule has 8 rings (SSSR count). The highest BCUT2D eigenvalue weighted by Gasteiger charge is 2.54. The van der Waals surface area contributed by atoms with Gasteiger partial charge in [0.05, 0.1) is 28.8 Å². The molecule has 4 atom stereocenters. The van der Waals surface area contributed by atoms with Crippen molar-refractivity contribution in [2.75, 3.05) is 44.3 Å². The molecule has 4 fully saturated rings. The highest BCUT2D eigenvalue weighted by molar-refractivity contribution is 5.93. The molecule has 1 unspecified atom stereocenters. The van der Waals surface area contributed by atoms with Crippen molar-refractivity contribution in [2.24, 2.45) is 0 Å². The molecule has 1 aromatic heterocycles. The van der Waals surface area contributed by atoms with Crippen molar-refractivity contribution in [1.82, 2.24) is 19.8 Å². The molecular formula is C36H38FN5O6. The number of aliphatic hydroxyl groups is 1. The molecule has 0 radical (unpaired) electrons. The zero-order chi connectivity index (χ0) is 33.4. The average Bonchev–Trinajstić information content (AvgIpc) is 3.70. The van der Waals surface area contributed by atoms with Crippen molar-refractivity contribution in [3.05, 3.63) is 53.9 Å². The first-order chi connectivity index (χ1) is 23.1. The van der Waals surface area contributed by atoms with E-state index in [1.54, 1.807) is 17.9 Å². The molecule has 2 bridgehead atoms. The number of piperazine rings is 1. The highest BCUT2D eigenvalue weighted by atomic mass is 19.1. The zero-order valence-corrected chi connectivity index (χ0v) is 26.8. The molecule has 0 spiro atoms. The van der Waals surface area contributed by atoms with Gasteiger partial charge in [0.15, 0.2) is 11.9 Å². The van der Waals surface area contributed by atoms with E-state index in [1.165, 1.54) is 24.3 Å². The predicted octanol–water partition coefficient (Wildman–Crippen LogP) is 3.70. The van der Waals surface area contributed by atoms with Crippen molar-refractivity contribution in [3.63, 3.8) is 0 Å². The second-order valence-electron chi connectivity index (χ2n) is 13.9. The molecule has 0 aliphatic carbocycles. The maximum absolute atomic E-state index is 14.9. The lowest BCUT2D eigenvalue weighted by atomic mass is 9.95. The summed E-state index contributed by atoms with van der Waals surface area (Å²) in [6.07, 6.45) is 11.0. The van der Waals surface area contributed by atoms with Crippen LogP contribution in [-0.4, -0.2) is 98.5 Å². The van der Waals surface area contributed by atoms with Crippen LogP contribution in [0.1, 0.15) is 56.3 Å². The van der Waals surface area contributed by atoms with Crippen molar-refractivity contribution >= 4 is 22.5 Å². The van der Waals surface area contributed by atoms with Crippen molar-refractivity contribution in [2.45, 2.75) is 68.4 Å². The standard InChI is InChI=1S/C36H38FN5O6/c1-4-24-26(37)9-8-21-14-23(43)15-25(30(21)24)27-19-46-31-32(40-17-22-16-35(3,45)28(18-40)42(22)29(44)5-2)38-34(39-33(31)48-27)47-20-36-10-6-12-41(36)13-7-11-36/h1,5,8-9,14-15,22,27-28,43,45H,2,6-7,10-13,16-20H2,3H3/t22-,27?,28-,35+/m0/s1. The smallest absolute Gasteiger partial charge is 0.322 e. The Morgan fingerprint density at radius 3 is 2.77 bits per heavy atom. The van der Waals surface area contributed by atoms with E-state index >= 15 is 0 Å². The SMILES string of the molecule is C#Cc1c(F)ccc2cc(O)cc(C3COc4c(nc(OCC56CCCN5CCC6)nc4N4C[C@@H]5C[C@@](C)(O)[C@H](C4)N5C(=O)C=C)O3)c12. The van der Waals surface area contributed by atoms with E-state index in [-0.39, 0.29) is 47.3 Å². The minimum atomic E-state index is -1.11. The number of aromatic nitrogens is 2. The van der Waals surface area contributed by atoms with E-state index in [1.807, 2.05) is 4.90 Å². The number of terminal acetylenes is 1. The number of aromatic hydroxyl groups is 1. The molecule has 5 aliphatic heterocycles. The average molecular weight is 656 g/mol. The number of hydrogen-bond donors (Lipinski definition) is 2. The van der Waals surface area contributed by atoms with Crippen LogP contribution in [0.15, 0.2) is 36.9 Å². The van der Waals surface area contributed by atoms with Crippen LogP contribution in [0, 0.1) is 18.2 Å². The summed E-state index contributed by atoms with van der Waals surface area (Å²) in [6, 6.07) is 5.21. The fourth-order valence-corrected chi connectivity index (χ4v) is 8.73. The molecule has 250 valence electrons. The molecular weight excluding hydrogens is 617 g/mol. The highest BCUT2D eigenvalue weighted by Crippen LogP contribution is 2.47. The van der Waals surface area contributed by atoms with Crippen LogP contribution in [-0.2, 0) is 4.79 Å². The number of phenols is 1. The van der Waals surface area contributed by atoms with Gasteiger partial charge in [-0.3, -0.25) is 9.69 Å². The molecule has 5 aliphatic rings. The van der Waals surface area contributed by atoms with E-state index in [4.69, 9.17) is 25.6 Å². The van der Waals surface area contributed by atoms with Gasteiger partial charge in [-0.15, -0.1) is 6.42 Å². The number of carbonyl (C=O) groups is 1. The molecule has 6 heterocycles. The Morgan fingerprint density at radius 1 is 1.25 bits per heavy atom. The first kappa shape index (κ1) is 30.7. The van der Waals surface area contributed by atoms with Crippen LogP contribution in [0.25, 0.3) is 10.8 Å². The van der Waals surface area contributed by atoms with Gasteiger partial charge in [0.25, 0.3) is 5.88 Å². The molecule has 11 nitrogen and oxygen atoms in total. The number of halogens is 1. The largest absolute Gasteiger partial charge is 0.508 e. The van der Waals surface area contributed by atoms with Crippen LogP contribution in [0.3, 0.4) is 0 Å². The second kappa shape index (κ2) is 11.2. The molecule has 2 N–H and O–H groups in total. The normalized spacial score (nSPS) is 27.2. The van der Waals surface area contributed by atoms with Gasteiger partial charge in [-0.1, -0.05) is 18.6 Å². The summed E-state index contributed by atoms with van der Waals surface area (Å²) in [5, 5.41) is 22.9. The Labute approximate surface area is 277 Å². The predicted molar refractivity (Wildman–Crippen MR) is 175 cm³/mol. The number of amides is 1. The molecule has 48 heavy (non-hydrogen) atoms. The number of benzene rings is 2. The summed E-state index contributed by atoms with van der Waals surface area (Å²) in [7, 11) is 0. The Morgan fingerprint density at radius 2 is 2.04 bits per heavy atom. The Hall–Kier alpha value is -4.60. The topological polar surface area (TPSA) is 121 Å². The summed E-state index contributed by atoms with van der Waals surface area (Å²) in [6.45, 7) is 8.62. The molecule has 2 aromatic carbocycles. The molecule has 0 saturated carbocycles. The third kappa shape index (κ3) is 4.82. The first-order valence-corrected chi connectivity index (χ1v) is 16.5. The fraction of sp³-hybridized carbons (Fsp3) is 0.472. The van der Waals surface area contributed by atoms with Crippen LogP contribution >= 0.6 is 0 Å². The Balaban J connectivity index is 1.18. The van der Waals surface area contributed by atoms with E-state index in [9.17, 15) is 19.4 Å². The lowest BCUT2D eigenvalue weighted by Gasteiger charge is -2.43. The van der Waals surface area contributed by atoms with Gasteiger partial charge in [0.1, 0.15) is 24.8 Å². The summed E-state index contributed by atoms with van der Waals surface area (Å²) < 4.78 is 34.1. The van der Waals surface area contributed by atoms with Crippen molar-refractivity contribution in [1.29, 1.82) is 0 Å². The number of nitrogens with zero attached hydrogens (tertiary/aromatic N) is 5. The van der Waals surface area contributed by atoms with Crippen molar-refractivity contribution in [3.8, 4) is 35.7 Å². The summed E-state index contributed by atoms with van der Waals surface area (Å²) in [5.41, 5.74) is -0.635. The summed E-state index contributed by atoms with van der Waals surface area (Å²) in [5.74, 6) is 2.52. The third-order valence-corrected chi connectivity index (χ3v) is 10.9. The Bertz CT molecular complexity index is 1870. The molecule has 1 amide bonds. The number of ether oxygens (including phenoxy) is 3. The molecule has 3 aromatic rings. The quantitative estimate of drug-likeness (QED) is 0.301. The maximum Gasteiger partial charge on any atom is 0.322 e. The van der Waals surface area contributed by atoms with Gasteiger partial charge in [0, 0.05) is 30.5 Å². The fourth-order valence-electron chi connectivity index (χ4n) is 8.73. The lowest BCUT2D eigenvalue weighted by molar-refractivity contribution is -0.131. The van der Waals surface area contributed by atoms with Gasteiger partial charge >= 0.3 is 6.01 Å². The van der Waals surface area contributed by atoms with Crippen LogP contribution < -0.4 is 19.1 Å². The number of rotatable bonds is 6. The van der Waals surface area contributed by atoms with E-state index < -0.39 is 23.6 Å². The van der Waals surface area contributed by atoms with Crippen LogP contribution in [0.4, 0.5) is 10.2 Å². The van der Waals surface area contributed by atoms with Crippen LogP contribution in [0.2, 0.25) is 0 Å². The molecule has 4 saturated heterocycles. The number of anilines is 1. The third-order valence-electron chi connectivity index (χ3n) is 10.9. The van der Waals surface area contributed by atoms with E-state index in [2.05, 4.69) is 22.4 Å². The van der Waals surface area contributed by atoms with Gasteiger partial charge in [0.2, 0.25) is 11.7 Å². The summed E-state index contributed by atoms with van der Waals surface area (Å²) in [4.78, 5) is 28.6. The van der Waals surface area contributed by atoms with Gasteiger partial charge in [-0.25, -0.2) is 4.39 Å². The maximum atomic E-state index is 14.9. The monoisotopic (exact) mass is 655 g/mol. The van der Waals surface area contributed by atoms with Gasteiger partial charge in [-0.05, 0) is 75.4 Å². The minimum Gasteiger partial charge on any atom is -0.508 e. The molecule has 12 heteroatoms. The second-order valence-corrected chi connectivity index (χ2v) is 13.9.